The normalized spacial score (nSPS) is 23.6. The molecule has 2 atom stereocenters. The summed E-state index contributed by atoms with van der Waals surface area (Å²) in [6.07, 6.45) is 6.38. The van der Waals surface area contributed by atoms with Crippen LogP contribution in [0.3, 0.4) is 0 Å². The molecule has 2 aliphatic rings. The maximum absolute atomic E-state index is 9.55. The van der Waals surface area contributed by atoms with Crippen molar-refractivity contribution >= 4 is 34.3 Å². The van der Waals surface area contributed by atoms with Gasteiger partial charge in [0.25, 0.3) is 0 Å². The fourth-order valence-corrected chi connectivity index (χ4v) is 4.35. The first kappa shape index (κ1) is 21.1. The molecular formula is C22H24ClNO5. The smallest absolute Gasteiger partial charge is 0.328 e. The van der Waals surface area contributed by atoms with Crippen LogP contribution in [0.15, 0.2) is 48.6 Å². The summed E-state index contributed by atoms with van der Waals surface area (Å²) in [6.45, 7) is 0. The molecular weight excluding hydrogens is 394 g/mol. The lowest BCUT2D eigenvalue weighted by Gasteiger charge is -2.36. The quantitative estimate of drug-likeness (QED) is 0.724. The van der Waals surface area contributed by atoms with Crippen LogP contribution in [0, 0.1) is 0 Å². The van der Waals surface area contributed by atoms with Gasteiger partial charge in [-0.2, -0.15) is 0 Å². The van der Waals surface area contributed by atoms with Gasteiger partial charge in [0, 0.05) is 40.0 Å². The molecule has 29 heavy (non-hydrogen) atoms. The van der Waals surface area contributed by atoms with E-state index >= 15 is 0 Å². The number of halogens is 1. The molecule has 0 radical (unpaired) electrons. The molecule has 2 saturated heterocycles. The van der Waals surface area contributed by atoms with Crippen molar-refractivity contribution in [3.05, 3.63) is 53.6 Å². The van der Waals surface area contributed by atoms with Crippen LogP contribution in [0.5, 0.6) is 5.75 Å². The highest BCUT2D eigenvalue weighted by molar-refractivity contribution is 6.35. The van der Waals surface area contributed by atoms with E-state index < -0.39 is 11.9 Å². The fraction of sp³-hybridized carbons (Fsp3) is 0.364. The summed E-state index contributed by atoms with van der Waals surface area (Å²) in [5, 5.41) is 18.6. The van der Waals surface area contributed by atoms with Crippen molar-refractivity contribution in [3.63, 3.8) is 0 Å². The van der Waals surface area contributed by atoms with Gasteiger partial charge in [-0.05, 0) is 44.9 Å². The zero-order valence-corrected chi connectivity index (χ0v) is 16.9. The first-order valence-electron chi connectivity index (χ1n) is 9.55. The van der Waals surface area contributed by atoms with Crippen LogP contribution in [-0.2, 0) is 9.59 Å². The van der Waals surface area contributed by atoms with Crippen molar-refractivity contribution in [2.45, 2.75) is 43.9 Å². The molecule has 4 rings (SSSR count). The number of rotatable bonds is 4. The summed E-state index contributed by atoms with van der Waals surface area (Å²) in [6, 6.07) is 13.6. The Labute approximate surface area is 174 Å². The number of hydrogen-bond acceptors (Lipinski definition) is 4. The number of carboxylic acid groups (broad SMARTS) is 2. The minimum Gasteiger partial charge on any atom is -0.490 e. The van der Waals surface area contributed by atoms with Gasteiger partial charge in [0.05, 0.1) is 0 Å². The van der Waals surface area contributed by atoms with E-state index in [0.717, 1.165) is 34.4 Å². The van der Waals surface area contributed by atoms with Gasteiger partial charge in [0.2, 0.25) is 0 Å². The van der Waals surface area contributed by atoms with E-state index in [2.05, 4.69) is 24.1 Å². The standard InChI is InChI=1S/C18H20ClNO.C4H4O4/c1-20-12-6-7-13(20)11-14(10-12)21-18-9-8-17(19)15-4-2-3-5-16(15)18;5-3(6)1-2-4(7)8/h2-5,8-9,12-14H,6-7,10-11H2,1H3;1-2H,(H,5,6)(H,7,8)/b;2-1+. The van der Waals surface area contributed by atoms with Gasteiger partial charge in [0.15, 0.2) is 0 Å². The van der Waals surface area contributed by atoms with Crippen molar-refractivity contribution in [3.8, 4) is 5.75 Å². The Bertz CT molecular complexity index is 899. The number of piperidine rings is 1. The van der Waals surface area contributed by atoms with Gasteiger partial charge in [-0.1, -0.05) is 35.9 Å². The molecule has 2 aliphatic heterocycles. The highest BCUT2D eigenvalue weighted by Gasteiger charge is 2.39. The van der Waals surface area contributed by atoms with E-state index in [0.29, 0.717) is 30.3 Å². The molecule has 2 aromatic carbocycles. The van der Waals surface area contributed by atoms with Crippen LogP contribution in [-0.4, -0.2) is 52.3 Å². The molecule has 154 valence electrons. The summed E-state index contributed by atoms with van der Waals surface area (Å²) in [5.74, 6) is -1.54. The zero-order chi connectivity index (χ0) is 21.0. The third-order valence-electron chi connectivity index (χ3n) is 5.55. The number of benzene rings is 2. The Kier molecular flexibility index (Phi) is 6.77. The number of nitrogens with zero attached hydrogens (tertiary/aromatic N) is 1. The van der Waals surface area contributed by atoms with Crippen molar-refractivity contribution in [1.82, 2.24) is 4.90 Å². The topological polar surface area (TPSA) is 87.1 Å². The SMILES string of the molecule is CN1C2CCC1CC(Oc1ccc(Cl)c3ccccc13)C2.O=C(O)/C=C/C(=O)O. The van der Waals surface area contributed by atoms with Crippen molar-refractivity contribution in [1.29, 1.82) is 0 Å². The van der Waals surface area contributed by atoms with Crippen molar-refractivity contribution < 1.29 is 24.5 Å². The molecule has 2 bridgehead atoms. The number of carbonyl (C=O) groups is 2. The van der Waals surface area contributed by atoms with Gasteiger partial charge >= 0.3 is 11.9 Å². The summed E-state index contributed by atoms with van der Waals surface area (Å²) < 4.78 is 6.37. The maximum atomic E-state index is 9.55. The maximum Gasteiger partial charge on any atom is 0.328 e. The molecule has 0 saturated carbocycles. The van der Waals surface area contributed by atoms with Crippen LogP contribution in [0.1, 0.15) is 25.7 Å². The Hall–Kier alpha value is -2.57. The first-order valence-corrected chi connectivity index (χ1v) is 9.92. The monoisotopic (exact) mass is 417 g/mol. The van der Waals surface area contributed by atoms with Crippen LogP contribution in [0.2, 0.25) is 5.02 Å². The lowest BCUT2D eigenvalue weighted by atomic mass is 10.0. The van der Waals surface area contributed by atoms with Gasteiger partial charge in [-0.3, -0.25) is 0 Å². The predicted molar refractivity (Wildman–Crippen MR) is 112 cm³/mol. The predicted octanol–water partition coefficient (Wildman–Crippen LogP) is 4.21. The van der Waals surface area contributed by atoms with Crippen LogP contribution in [0.4, 0.5) is 0 Å². The van der Waals surface area contributed by atoms with Gasteiger partial charge < -0.3 is 19.8 Å². The van der Waals surface area contributed by atoms with E-state index in [1.807, 2.05) is 24.3 Å². The van der Waals surface area contributed by atoms with Crippen molar-refractivity contribution in [2.75, 3.05) is 7.05 Å². The second kappa shape index (κ2) is 9.29. The Balaban J connectivity index is 0.000000258. The largest absolute Gasteiger partial charge is 0.490 e. The third-order valence-corrected chi connectivity index (χ3v) is 5.88. The highest BCUT2D eigenvalue weighted by atomic mass is 35.5. The molecule has 2 unspecified atom stereocenters. The molecule has 2 heterocycles. The third kappa shape index (κ3) is 5.28. The number of carboxylic acids is 2. The molecule has 0 aliphatic carbocycles. The zero-order valence-electron chi connectivity index (χ0n) is 16.1. The summed E-state index contributed by atoms with van der Waals surface area (Å²) in [7, 11) is 2.26. The Morgan fingerprint density at radius 2 is 1.55 bits per heavy atom. The summed E-state index contributed by atoms with van der Waals surface area (Å²) in [5.41, 5.74) is 0. The fourth-order valence-electron chi connectivity index (χ4n) is 4.12. The Morgan fingerprint density at radius 3 is 2.10 bits per heavy atom. The van der Waals surface area contributed by atoms with Crippen molar-refractivity contribution in [2.24, 2.45) is 0 Å². The lowest BCUT2D eigenvalue weighted by Crippen LogP contribution is -2.43. The summed E-state index contributed by atoms with van der Waals surface area (Å²) in [4.78, 5) is 21.6. The summed E-state index contributed by atoms with van der Waals surface area (Å²) >= 11 is 6.28. The number of hydrogen-bond donors (Lipinski definition) is 2. The second-order valence-corrected chi connectivity index (χ2v) is 7.77. The first-order chi connectivity index (χ1) is 13.8. The second-order valence-electron chi connectivity index (χ2n) is 7.36. The van der Waals surface area contributed by atoms with E-state index in [1.165, 1.54) is 12.8 Å². The van der Waals surface area contributed by atoms with E-state index in [9.17, 15) is 9.59 Å². The van der Waals surface area contributed by atoms with E-state index in [1.54, 1.807) is 0 Å². The lowest BCUT2D eigenvalue weighted by molar-refractivity contribution is -0.134. The minimum atomic E-state index is -1.26. The molecule has 2 fully saturated rings. The number of aliphatic carboxylic acids is 2. The molecule has 6 nitrogen and oxygen atoms in total. The van der Waals surface area contributed by atoms with Crippen LogP contribution in [0.25, 0.3) is 10.8 Å². The van der Waals surface area contributed by atoms with Crippen LogP contribution >= 0.6 is 11.6 Å². The van der Waals surface area contributed by atoms with Gasteiger partial charge in [-0.25, -0.2) is 9.59 Å². The molecule has 0 amide bonds. The van der Waals surface area contributed by atoms with Gasteiger partial charge in [-0.15, -0.1) is 0 Å². The molecule has 0 spiro atoms. The minimum absolute atomic E-state index is 0.336. The molecule has 2 N–H and O–H groups in total. The average Bonchev–Trinajstić information content (AvgIpc) is 2.90. The molecule has 2 aromatic rings. The Morgan fingerprint density at radius 1 is 1.00 bits per heavy atom. The van der Waals surface area contributed by atoms with Gasteiger partial charge in [0.1, 0.15) is 11.9 Å². The van der Waals surface area contributed by atoms with E-state index in [4.69, 9.17) is 26.6 Å². The average molecular weight is 418 g/mol. The van der Waals surface area contributed by atoms with Crippen LogP contribution < -0.4 is 4.74 Å². The highest BCUT2D eigenvalue weighted by Crippen LogP contribution is 2.38. The molecule has 0 aromatic heterocycles. The number of ether oxygens (including phenoxy) is 1. The van der Waals surface area contributed by atoms with E-state index in [-0.39, 0.29) is 0 Å². The molecule has 7 heteroatoms. The number of fused-ring (bicyclic) bond motifs is 3.